The van der Waals surface area contributed by atoms with Crippen molar-refractivity contribution in [2.45, 2.75) is 13.5 Å². The second-order valence-corrected chi connectivity index (χ2v) is 3.12. The molecule has 1 heterocycles. The first kappa shape index (κ1) is 8.94. The van der Waals surface area contributed by atoms with E-state index in [9.17, 15) is 9.18 Å². The van der Waals surface area contributed by atoms with E-state index in [0.29, 0.717) is 6.54 Å². The number of hydrogen-bond acceptors (Lipinski definition) is 1. The van der Waals surface area contributed by atoms with E-state index in [-0.39, 0.29) is 11.4 Å². The topological polar surface area (TPSA) is 22.0 Å². The number of pyridine rings is 1. The van der Waals surface area contributed by atoms with Crippen molar-refractivity contribution in [2.75, 3.05) is 0 Å². The van der Waals surface area contributed by atoms with Gasteiger partial charge in [-0.25, -0.2) is 4.39 Å². The third-order valence-electron chi connectivity index (χ3n) is 2.27. The lowest BCUT2D eigenvalue weighted by Gasteiger charge is -2.06. The second-order valence-electron chi connectivity index (χ2n) is 3.12. The fourth-order valence-electron chi connectivity index (χ4n) is 1.60. The number of benzene rings is 1. The molecule has 0 amide bonds. The van der Waals surface area contributed by atoms with Crippen molar-refractivity contribution in [3.05, 3.63) is 46.5 Å². The molecule has 0 fully saturated rings. The molecule has 3 heteroatoms. The van der Waals surface area contributed by atoms with Crippen LogP contribution in [-0.4, -0.2) is 4.57 Å². The fraction of sp³-hybridized carbons (Fsp3) is 0.182. The predicted octanol–water partition coefficient (Wildman–Crippen LogP) is 2.16. The molecule has 0 aliphatic rings. The highest BCUT2D eigenvalue weighted by Crippen LogP contribution is 2.13. The van der Waals surface area contributed by atoms with Crippen molar-refractivity contribution in [3.63, 3.8) is 0 Å². The lowest BCUT2D eigenvalue weighted by atomic mass is 10.2. The molecule has 2 rings (SSSR count). The Hall–Kier alpha value is -1.64. The summed E-state index contributed by atoms with van der Waals surface area (Å²) in [5.41, 5.74) is 0.730. The Labute approximate surface area is 80.6 Å². The monoisotopic (exact) mass is 191 g/mol. The number of nitrogens with zero attached hydrogens (tertiary/aromatic N) is 1. The normalized spacial score (nSPS) is 10.7. The van der Waals surface area contributed by atoms with Crippen LogP contribution in [-0.2, 0) is 6.54 Å². The lowest BCUT2D eigenvalue weighted by molar-refractivity contribution is 0.629. The van der Waals surface area contributed by atoms with Crippen LogP contribution in [0, 0.1) is 5.82 Å². The van der Waals surface area contributed by atoms with Crippen molar-refractivity contribution in [2.24, 2.45) is 0 Å². The SMILES string of the molecule is CCn1c(=O)ccc2cc(F)ccc21. The molecule has 0 saturated heterocycles. The van der Waals surface area contributed by atoms with E-state index < -0.39 is 0 Å². The first-order valence-corrected chi connectivity index (χ1v) is 4.51. The predicted molar refractivity (Wildman–Crippen MR) is 53.8 cm³/mol. The van der Waals surface area contributed by atoms with Crippen LogP contribution in [0.4, 0.5) is 4.39 Å². The van der Waals surface area contributed by atoms with E-state index in [0.717, 1.165) is 10.9 Å². The summed E-state index contributed by atoms with van der Waals surface area (Å²) >= 11 is 0. The van der Waals surface area contributed by atoms with Crippen LogP contribution in [0.1, 0.15) is 6.92 Å². The van der Waals surface area contributed by atoms with Gasteiger partial charge in [0, 0.05) is 18.0 Å². The van der Waals surface area contributed by atoms with Gasteiger partial charge in [-0.15, -0.1) is 0 Å². The van der Waals surface area contributed by atoms with Gasteiger partial charge in [0.15, 0.2) is 0 Å². The Balaban J connectivity index is 2.89. The first-order chi connectivity index (χ1) is 6.72. The van der Waals surface area contributed by atoms with Crippen molar-refractivity contribution < 1.29 is 4.39 Å². The van der Waals surface area contributed by atoms with Crippen LogP contribution in [0.15, 0.2) is 35.1 Å². The van der Waals surface area contributed by atoms with Gasteiger partial charge in [0.1, 0.15) is 5.82 Å². The zero-order valence-corrected chi connectivity index (χ0v) is 7.83. The van der Waals surface area contributed by atoms with Crippen LogP contribution >= 0.6 is 0 Å². The van der Waals surface area contributed by atoms with Crippen molar-refractivity contribution in [3.8, 4) is 0 Å². The van der Waals surface area contributed by atoms with Crippen molar-refractivity contribution >= 4 is 10.9 Å². The van der Waals surface area contributed by atoms with Crippen molar-refractivity contribution in [1.82, 2.24) is 4.57 Å². The molecule has 0 aliphatic carbocycles. The highest BCUT2D eigenvalue weighted by Gasteiger charge is 2.01. The smallest absolute Gasteiger partial charge is 0.250 e. The van der Waals surface area contributed by atoms with Gasteiger partial charge in [-0.3, -0.25) is 4.79 Å². The molecule has 1 aromatic carbocycles. The van der Waals surface area contributed by atoms with Gasteiger partial charge >= 0.3 is 0 Å². The number of halogens is 1. The summed E-state index contributed by atoms with van der Waals surface area (Å²) in [7, 11) is 0. The minimum atomic E-state index is -0.279. The molecule has 0 N–H and O–H groups in total. The average Bonchev–Trinajstić information content (AvgIpc) is 2.18. The van der Waals surface area contributed by atoms with Gasteiger partial charge in [0.25, 0.3) is 5.56 Å². The largest absolute Gasteiger partial charge is 0.309 e. The Morgan fingerprint density at radius 3 is 2.79 bits per heavy atom. The van der Waals surface area contributed by atoms with E-state index >= 15 is 0 Å². The number of aromatic nitrogens is 1. The molecule has 0 unspecified atom stereocenters. The molecular formula is C11H10FNO. The standard InChI is InChI=1S/C11H10FNO/c1-2-13-10-5-4-9(12)7-8(10)3-6-11(13)14/h3-7H,2H2,1H3. The number of hydrogen-bond donors (Lipinski definition) is 0. The fourth-order valence-corrected chi connectivity index (χ4v) is 1.60. The molecule has 72 valence electrons. The molecule has 0 bridgehead atoms. The summed E-state index contributed by atoms with van der Waals surface area (Å²) in [4.78, 5) is 11.4. The summed E-state index contributed by atoms with van der Waals surface area (Å²) in [5, 5.41) is 0.756. The maximum Gasteiger partial charge on any atom is 0.250 e. The summed E-state index contributed by atoms with van der Waals surface area (Å²) < 4.78 is 14.5. The van der Waals surface area contributed by atoms with E-state index in [2.05, 4.69) is 0 Å². The molecule has 1 aromatic heterocycles. The average molecular weight is 191 g/mol. The quantitative estimate of drug-likeness (QED) is 0.677. The van der Waals surface area contributed by atoms with E-state index in [1.807, 2.05) is 6.92 Å². The molecule has 14 heavy (non-hydrogen) atoms. The third kappa shape index (κ3) is 1.31. The minimum Gasteiger partial charge on any atom is -0.309 e. The molecule has 0 spiro atoms. The highest BCUT2D eigenvalue weighted by molar-refractivity contribution is 5.78. The summed E-state index contributed by atoms with van der Waals surface area (Å²) in [5.74, 6) is -0.279. The molecule has 2 aromatic rings. The van der Waals surface area contributed by atoms with Gasteiger partial charge in [-0.2, -0.15) is 0 Å². The molecular weight excluding hydrogens is 181 g/mol. The van der Waals surface area contributed by atoms with Crippen LogP contribution < -0.4 is 5.56 Å². The van der Waals surface area contributed by atoms with Gasteiger partial charge in [0.2, 0.25) is 0 Å². The second kappa shape index (κ2) is 3.25. The maximum atomic E-state index is 12.9. The number of aryl methyl sites for hydroxylation is 1. The summed E-state index contributed by atoms with van der Waals surface area (Å²) in [6.45, 7) is 2.49. The Kier molecular flexibility index (Phi) is 2.08. The summed E-state index contributed by atoms with van der Waals surface area (Å²) in [6.07, 6.45) is 0. The summed E-state index contributed by atoms with van der Waals surface area (Å²) in [6, 6.07) is 7.54. The van der Waals surface area contributed by atoms with Crippen molar-refractivity contribution in [1.29, 1.82) is 0 Å². The molecule has 0 atom stereocenters. The minimum absolute atomic E-state index is 0.0494. The lowest BCUT2D eigenvalue weighted by Crippen LogP contribution is -2.17. The van der Waals surface area contributed by atoms with Gasteiger partial charge in [-0.1, -0.05) is 0 Å². The molecule has 0 radical (unpaired) electrons. The van der Waals surface area contributed by atoms with Gasteiger partial charge < -0.3 is 4.57 Å². The molecule has 0 saturated carbocycles. The number of rotatable bonds is 1. The zero-order valence-electron chi connectivity index (χ0n) is 7.83. The van der Waals surface area contributed by atoms with E-state index in [1.54, 1.807) is 16.7 Å². The molecule has 0 aliphatic heterocycles. The van der Waals surface area contributed by atoms with Crippen LogP contribution in [0.3, 0.4) is 0 Å². The number of fused-ring (bicyclic) bond motifs is 1. The maximum absolute atomic E-state index is 12.9. The third-order valence-corrected chi connectivity index (χ3v) is 2.27. The Morgan fingerprint density at radius 1 is 1.29 bits per heavy atom. The Bertz CT molecular complexity index is 530. The van der Waals surface area contributed by atoms with Crippen LogP contribution in [0.2, 0.25) is 0 Å². The molecule has 2 nitrogen and oxygen atoms in total. The van der Waals surface area contributed by atoms with Gasteiger partial charge in [-0.05, 0) is 31.2 Å². The van der Waals surface area contributed by atoms with Crippen LogP contribution in [0.25, 0.3) is 10.9 Å². The van der Waals surface area contributed by atoms with Crippen LogP contribution in [0.5, 0.6) is 0 Å². The first-order valence-electron chi connectivity index (χ1n) is 4.51. The van der Waals surface area contributed by atoms with Gasteiger partial charge in [0.05, 0.1) is 5.52 Å². The highest BCUT2D eigenvalue weighted by atomic mass is 19.1. The van der Waals surface area contributed by atoms with E-state index in [4.69, 9.17) is 0 Å². The Morgan fingerprint density at radius 2 is 2.07 bits per heavy atom. The van der Waals surface area contributed by atoms with E-state index in [1.165, 1.54) is 18.2 Å². The zero-order chi connectivity index (χ0) is 10.1.